The third kappa shape index (κ3) is 4.49. The van der Waals surface area contributed by atoms with Gasteiger partial charge in [-0.25, -0.2) is 4.79 Å². The lowest BCUT2D eigenvalue weighted by atomic mass is 9.95. The van der Waals surface area contributed by atoms with Crippen LogP contribution in [0.15, 0.2) is 52.6 Å². The number of ketones is 2. The van der Waals surface area contributed by atoms with Gasteiger partial charge < -0.3 is 20.2 Å². The molecule has 1 heterocycles. The van der Waals surface area contributed by atoms with Crippen molar-refractivity contribution in [2.45, 2.75) is 6.04 Å². The monoisotopic (exact) mass is 417 g/mol. The predicted octanol–water partition coefficient (Wildman–Crippen LogP) is 1.25. The molecule has 0 aromatic heterocycles. The summed E-state index contributed by atoms with van der Waals surface area (Å²) in [7, 11) is 2.74. The molecule has 1 aliphatic heterocycles. The summed E-state index contributed by atoms with van der Waals surface area (Å²) >= 11 is 1.11. The number of hydrogen-bond donors (Lipinski definition) is 2. The summed E-state index contributed by atoms with van der Waals surface area (Å²) in [6.07, 6.45) is 0.606. The number of amides is 2. The molecule has 10 heteroatoms. The Balaban J connectivity index is 1.72. The second-order valence-electron chi connectivity index (χ2n) is 6.11. The molecule has 0 bridgehead atoms. The zero-order valence-corrected chi connectivity index (χ0v) is 16.6. The fourth-order valence-electron chi connectivity index (χ4n) is 2.86. The molecule has 2 aliphatic rings. The summed E-state index contributed by atoms with van der Waals surface area (Å²) in [6, 6.07) is 7.72. The van der Waals surface area contributed by atoms with Gasteiger partial charge in [0.2, 0.25) is 23.2 Å². The standard InChI is InChI=1S/C19H19N3O6S/c1-22-15(18(25)21-11-6-4-3-5-7-11)14-16(24)13(10-12(23)17(14)28-22)29-9-8-20-19(26)27-2/h3-7,10,15H,8-9H2,1-2H3,(H,20,26)(H,21,25). The van der Waals surface area contributed by atoms with E-state index in [9.17, 15) is 19.2 Å². The van der Waals surface area contributed by atoms with Crippen LogP contribution >= 0.6 is 11.8 Å². The largest absolute Gasteiger partial charge is 0.453 e. The van der Waals surface area contributed by atoms with E-state index in [-0.39, 0.29) is 22.8 Å². The fraction of sp³-hybridized carbons (Fsp3) is 0.263. The summed E-state index contributed by atoms with van der Waals surface area (Å²) in [5.74, 6) is -1.20. The highest BCUT2D eigenvalue weighted by atomic mass is 32.2. The van der Waals surface area contributed by atoms with E-state index < -0.39 is 29.6 Å². The Morgan fingerprint density at radius 2 is 1.97 bits per heavy atom. The Labute approximate surface area is 171 Å². The number of benzene rings is 1. The second-order valence-corrected chi connectivity index (χ2v) is 7.24. The minimum Gasteiger partial charge on any atom is -0.453 e. The van der Waals surface area contributed by atoms with Crippen LogP contribution in [0.5, 0.6) is 0 Å². The first-order valence-corrected chi connectivity index (χ1v) is 9.67. The molecule has 2 N–H and O–H groups in total. The van der Waals surface area contributed by atoms with Gasteiger partial charge in [-0.3, -0.25) is 14.4 Å². The molecule has 29 heavy (non-hydrogen) atoms. The van der Waals surface area contributed by atoms with Crippen LogP contribution in [0.4, 0.5) is 10.5 Å². The summed E-state index contributed by atoms with van der Waals surface area (Å²) < 4.78 is 4.47. The number of alkyl carbamates (subject to hydrolysis) is 1. The predicted molar refractivity (Wildman–Crippen MR) is 106 cm³/mol. The molecule has 1 unspecified atom stereocenters. The van der Waals surface area contributed by atoms with Crippen molar-refractivity contribution in [3.8, 4) is 0 Å². The molecule has 0 spiro atoms. The first-order valence-electron chi connectivity index (χ1n) is 8.68. The highest BCUT2D eigenvalue weighted by molar-refractivity contribution is 8.04. The Hall–Kier alpha value is -3.11. The number of hydroxylamine groups is 2. The van der Waals surface area contributed by atoms with Gasteiger partial charge in [-0.2, -0.15) is 0 Å². The van der Waals surface area contributed by atoms with Crippen LogP contribution in [-0.2, 0) is 24.0 Å². The van der Waals surface area contributed by atoms with Crippen molar-refractivity contribution in [2.75, 3.05) is 31.8 Å². The molecule has 0 saturated carbocycles. The molecule has 1 atom stereocenters. The first-order chi connectivity index (χ1) is 13.9. The van der Waals surface area contributed by atoms with Gasteiger partial charge in [0, 0.05) is 31.1 Å². The number of Topliss-reactive ketones (excluding diaryl/α,β-unsaturated/α-hetero) is 1. The SMILES string of the molecule is COC(=O)NCCSC1=CC(=O)C2=C(C1=O)C(C(=O)Nc1ccccc1)N(C)O2. The van der Waals surface area contributed by atoms with Crippen LogP contribution in [-0.4, -0.2) is 61.1 Å². The summed E-state index contributed by atoms with van der Waals surface area (Å²) in [4.78, 5) is 54.8. The molecule has 1 aromatic carbocycles. The number of ether oxygens (including phenoxy) is 1. The average Bonchev–Trinajstić information content (AvgIpc) is 3.07. The Kier molecular flexibility index (Phi) is 6.35. The molecule has 2 amide bonds. The molecule has 3 rings (SSSR count). The van der Waals surface area contributed by atoms with Crippen LogP contribution in [0.25, 0.3) is 0 Å². The van der Waals surface area contributed by atoms with E-state index >= 15 is 0 Å². The highest BCUT2D eigenvalue weighted by Gasteiger charge is 2.46. The van der Waals surface area contributed by atoms with E-state index in [1.165, 1.54) is 25.3 Å². The van der Waals surface area contributed by atoms with Crippen LogP contribution in [0.1, 0.15) is 0 Å². The Bertz CT molecular complexity index is 912. The third-order valence-electron chi connectivity index (χ3n) is 4.18. The number of anilines is 1. The quantitative estimate of drug-likeness (QED) is 0.525. The summed E-state index contributed by atoms with van der Waals surface area (Å²) in [5, 5.41) is 6.41. The van der Waals surface area contributed by atoms with E-state index in [0.717, 1.165) is 11.8 Å². The van der Waals surface area contributed by atoms with Gasteiger partial charge in [-0.1, -0.05) is 18.2 Å². The summed E-state index contributed by atoms with van der Waals surface area (Å²) in [6.45, 7) is 0.246. The molecule has 1 aliphatic carbocycles. The van der Waals surface area contributed by atoms with Crippen LogP contribution in [0, 0.1) is 0 Å². The number of likely N-dealkylation sites (N-methyl/N-ethyl adjacent to an activating group) is 1. The van der Waals surface area contributed by atoms with Crippen LogP contribution < -0.4 is 10.6 Å². The van der Waals surface area contributed by atoms with Crippen LogP contribution in [0.3, 0.4) is 0 Å². The molecule has 0 radical (unpaired) electrons. The molecular weight excluding hydrogens is 398 g/mol. The number of para-hydroxylation sites is 1. The number of allylic oxidation sites excluding steroid dienone is 2. The Morgan fingerprint density at radius 1 is 1.24 bits per heavy atom. The highest BCUT2D eigenvalue weighted by Crippen LogP contribution is 2.35. The first kappa shape index (κ1) is 20.6. The molecule has 152 valence electrons. The van der Waals surface area contributed by atoms with E-state index in [1.807, 2.05) is 6.07 Å². The van der Waals surface area contributed by atoms with Gasteiger partial charge in [0.05, 0.1) is 17.6 Å². The molecule has 1 aromatic rings. The number of nitrogens with zero attached hydrogens (tertiary/aromatic N) is 1. The molecular formula is C19H19N3O6S. The number of carbonyl (C=O) groups is 4. The minimum atomic E-state index is -1.06. The Morgan fingerprint density at radius 3 is 2.66 bits per heavy atom. The smallest absolute Gasteiger partial charge is 0.406 e. The van der Waals surface area contributed by atoms with E-state index in [1.54, 1.807) is 24.3 Å². The number of carbonyl (C=O) groups excluding carboxylic acids is 4. The average molecular weight is 417 g/mol. The third-order valence-corrected chi connectivity index (χ3v) is 5.20. The van der Waals surface area contributed by atoms with E-state index in [2.05, 4.69) is 15.4 Å². The van der Waals surface area contributed by atoms with Gasteiger partial charge in [0.1, 0.15) is 0 Å². The van der Waals surface area contributed by atoms with Crippen molar-refractivity contribution < 1.29 is 28.8 Å². The normalized spacial score (nSPS) is 18.7. The lowest BCUT2D eigenvalue weighted by Gasteiger charge is -2.19. The zero-order chi connectivity index (χ0) is 21.0. The molecule has 0 saturated heterocycles. The van der Waals surface area contributed by atoms with Crippen molar-refractivity contribution in [1.29, 1.82) is 0 Å². The van der Waals surface area contributed by atoms with Gasteiger partial charge in [0.15, 0.2) is 6.04 Å². The van der Waals surface area contributed by atoms with Crippen LogP contribution in [0.2, 0.25) is 0 Å². The molecule has 0 fully saturated rings. The van der Waals surface area contributed by atoms with Crippen molar-refractivity contribution in [3.05, 3.63) is 52.6 Å². The number of rotatable bonds is 6. The van der Waals surface area contributed by atoms with Crippen molar-refractivity contribution in [3.63, 3.8) is 0 Å². The van der Waals surface area contributed by atoms with Gasteiger partial charge in [-0.15, -0.1) is 16.8 Å². The van der Waals surface area contributed by atoms with E-state index in [4.69, 9.17) is 4.84 Å². The number of methoxy groups -OCH3 is 1. The molecule has 9 nitrogen and oxygen atoms in total. The van der Waals surface area contributed by atoms with Crippen molar-refractivity contribution >= 4 is 41.0 Å². The lowest BCUT2D eigenvalue weighted by Crippen LogP contribution is -2.41. The topological polar surface area (TPSA) is 114 Å². The fourth-order valence-corrected chi connectivity index (χ4v) is 3.72. The lowest BCUT2D eigenvalue weighted by molar-refractivity contribution is -0.141. The van der Waals surface area contributed by atoms with E-state index in [0.29, 0.717) is 11.4 Å². The maximum atomic E-state index is 13.0. The maximum Gasteiger partial charge on any atom is 0.406 e. The van der Waals surface area contributed by atoms with Gasteiger partial charge in [-0.05, 0) is 12.1 Å². The second kappa shape index (κ2) is 8.93. The summed E-state index contributed by atoms with van der Waals surface area (Å²) in [5.41, 5.74) is 0.574. The number of thioether (sulfide) groups is 1. The number of hydrogen-bond acceptors (Lipinski definition) is 8. The number of nitrogens with one attached hydrogen (secondary N) is 2. The minimum absolute atomic E-state index is 0.0110. The van der Waals surface area contributed by atoms with Gasteiger partial charge in [0.25, 0.3) is 0 Å². The van der Waals surface area contributed by atoms with Crippen molar-refractivity contribution in [1.82, 2.24) is 10.4 Å². The maximum absolute atomic E-state index is 13.0. The zero-order valence-electron chi connectivity index (χ0n) is 15.8. The van der Waals surface area contributed by atoms with Gasteiger partial charge >= 0.3 is 6.09 Å². The van der Waals surface area contributed by atoms with Crippen molar-refractivity contribution in [2.24, 2.45) is 0 Å².